The molecule has 0 aliphatic carbocycles. The molecular weight excluding hydrogens is 390 g/mol. The van der Waals surface area contributed by atoms with Gasteiger partial charge in [0.1, 0.15) is 24.3 Å². The van der Waals surface area contributed by atoms with Gasteiger partial charge in [0.05, 0.1) is 10.6 Å². The molecule has 4 aromatic heterocycles. The van der Waals surface area contributed by atoms with Gasteiger partial charge in [0.15, 0.2) is 11.5 Å². The highest BCUT2D eigenvalue weighted by molar-refractivity contribution is 7.13. The first-order valence-electron chi connectivity index (χ1n) is 8.97. The van der Waals surface area contributed by atoms with Gasteiger partial charge in [0.2, 0.25) is 0 Å². The van der Waals surface area contributed by atoms with Gasteiger partial charge >= 0.3 is 0 Å². The summed E-state index contributed by atoms with van der Waals surface area (Å²) in [6, 6.07) is 7.31. The third-order valence-electron chi connectivity index (χ3n) is 4.37. The quantitative estimate of drug-likeness (QED) is 0.452. The number of carbonyl (C=O) groups is 1. The highest BCUT2D eigenvalue weighted by Gasteiger charge is 2.13. The maximum atomic E-state index is 12.2. The first-order valence-corrected chi connectivity index (χ1v) is 9.85. The van der Waals surface area contributed by atoms with E-state index in [-0.39, 0.29) is 11.6 Å². The van der Waals surface area contributed by atoms with Crippen molar-refractivity contribution in [3.8, 4) is 16.5 Å². The number of amides is 1. The summed E-state index contributed by atoms with van der Waals surface area (Å²) in [5, 5.41) is 11.8. The van der Waals surface area contributed by atoms with E-state index in [1.54, 1.807) is 12.4 Å². The van der Waals surface area contributed by atoms with Crippen LogP contribution in [0.5, 0.6) is 0 Å². The maximum absolute atomic E-state index is 12.2. The van der Waals surface area contributed by atoms with E-state index in [4.69, 9.17) is 4.52 Å². The van der Waals surface area contributed by atoms with Crippen LogP contribution in [0.4, 0.5) is 5.82 Å². The van der Waals surface area contributed by atoms with E-state index in [1.807, 2.05) is 42.0 Å². The lowest BCUT2D eigenvalue weighted by Gasteiger charge is -2.09. The van der Waals surface area contributed by atoms with Crippen LogP contribution < -0.4 is 10.6 Å². The molecule has 4 heterocycles. The number of carbonyl (C=O) groups excluding carboxylic acids is 1. The van der Waals surface area contributed by atoms with Crippen molar-refractivity contribution in [2.45, 2.75) is 13.8 Å². The normalized spacial score (nSPS) is 10.8. The molecule has 0 aliphatic rings. The topological polar surface area (TPSA) is 111 Å². The van der Waals surface area contributed by atoms with E-state index in [1.165, 1.54) is 17.7 Å². The van der Waals surface area contributed by atoms with Crippen LogP contribution in [-0.2, 0) is 0 Å². The van der Waals surface area contributed by atoms with Crippen LogP contribution in [0.15, 0.2) is 46.8 Å². The van der Waals surface area contributed by atoms with E-state index >= 15 is 0 Å². The number of aromatic nitrogens is 5. The van der Waals surface area contributed by atoms with E-state index in [2.05, 4.69) is 30.7 Å². The van der Waals surface area contributed by atoms with Crippen molar-refractivity contribution in [3.05, 3.63) is 59.4 Å². The Hall–Kier alpha value is -3.53. The smallest absolute Gasteiger partial charge is 0.273 e. The van der Waals surface area contributed by atoms with Crippen molar-refractivity contribution in [2.24, 2.45) is 0 Å². The number of anilines is 1. The summed E-state index contributed by atoms with van der Waals surface area (Å²) in [5.41, 5.74) is 2.23. The Balaban J connectivity index is 1.30. The molecule has 0 aliphatic heterocycles. The highest BCUT2D eigenvalue weighted by atomic mass is 32.1. The largest absolute Gasteiger partial charge is 0.368 e. The molecule has 4 rings (SSSR count). The van der Waals surface area contributed by atoms with Gasteiger partial charge in [0.25, 0.3) is 5.91 Å². The van der Waals surface area contributed by atoms with Crippen molar-refractivity contribution in [1.82, 2.24) is 30.0 Å². The molecule has 9 nitrogen and oxygen atoms in total. The molecule has 0 spiro atoms. The van der Waals surface area contributed by atoms with Gasteiger partial charge in [-0.3, -0.25) is 9.36 Å². The minimum atomic E-state index is -0.286. The third-order valence-corrected chi connectivity index (χ3v) is 5.26. The summed E-state index contributed by atoms with van der Waals surface area (Å²) in [6.07, 6.45) is 3.23. The van der Waals surface area contributed by atoms with Crippen molar-refractivity contribution >= 4 is 23.1 Å². The molecule has 0 saturated heterocycles. The average molecular weight is 409 g/mol. The van der Waals surface area contributed by atoms with Gasteiger partial charge in [-0.05, 0) is 25.3 Å². The first-order chi connectivity index (χ1) is 14.1. The number of imidazole rings is 1. The zero-order valence-electron chi connectivity index (χ0n) is 15.9. The second kappa shape index (κ2) is 8.23. The number of nitrogens with one attached hydrogen (secondary N) is 2. The Morgan fingerprint density at radius 2 is 2.10 bits per heavy atom. The van der Waals surface area contributed by atoms with Crippen molar-refractivity contribution in [2.75, 3.05) is 18.4 Å². The molecule has 1 amide bonds. The van der Waals surface area contributed by atoms with E-state index < -0.39 is 0 Å². The molecule has 0 aromatic carbocycles. The van der Waals surface area contributed by atoms with Crippen LogP contribution >= 0.6 is 11.3 Å². The number of nitrogens with zero attached hydrogens (tertiary/aromatic N) is 5. The number of thiophene rings is 1. The SMILES string of the molecule is Cc1ncn(-c2cc(NCCNC(=O)c3cc(-c4cccs4)on3)ncn2)c1C. The summed E-state index contributed by atoms with van der Waals surface area (Å²) in [6.45, 7) is 4.84. The van der Waals surface area contributed by atoms with Crippen LogP contribution in [0.3, 0.4) is 0 Å². The van der Waals surface area contributed by atoms with Gasteiger partial charge in [-0.15, -0.1) is 11.3 Å². The van der Waals surface area contributed by atoms with Crippen LogP contribution in [0.1, 0.15) is 21.9 Å². The molecule has 0 saturated carbocycles. The Bertz CT molecular complexity index is 1120. The maximum Gasteiger partial charge on any atom is 0.273 e. The van der Waals surface area contributed by atoms with E-state index in [9.17, 15) is 4.79 Å². The highest BCUT2D eigenvalue weighted by Crippen LogP contribution is 2.25. The van der Waals surface area contributed by atoms with Crippen molar-refractivity contribution in [1.29, 1.82) is 0 Å². The molecule has 0 radical (unpaired) electrons. The zero-order chi connectivity index (χ0) is 20.2. The number of rotatable bonds is 7. The van der Waals surface area contributed by atoms with E-state index in [0.29, 0.717) is 24.7 Å². The number of hydrogen-bond donors (Lipinski definition) is 2. The molecular formula is C19H19N7O2S. The minimum Gasteiger partial charge on any atom is -0.368 e. The van der Waals surface area contributed by atoms with Gasteiger partial charge in [-0.25, -0.2) is 15.0 Å². The minimum absolute atomic E-state index is 0.253. The molecule has 10 heteroatoms. The van der Waals surface area contributed by atoms with E-state index in [0.717, 1.165) is 22.1 Å². The number of aryl methyl sites for hydroxylation is 1. The molecule has 0 bridgehead atoms. The zero-order valence-corrected chi connectivity index (χ0v) is 16.7. The molecule has 0 atom stereocenters. The lowest BCUT2D eigenvalue weighted by Crippen LogP contribution is -2.29. The lowest BCUT2D eigenvalue weighted by molar-refractivity contribution is 0.0946. The first kappa shape index (κ1) is 18.8. The molecule has 2 N–H and O–H groups in total. The summed E-state index contributed by atoms with van der Waals surface area (Å²) < 4.78 is 7.13. The van der Waals surface area contributed by atoms with Crippen LogP contribution in [0.2, 0.25) is 0 Å². The lowest BCUT2D eigenvalue weighted by atomic mass is 10.3. The predicted octanol–water partition coefficient (Wildman–Crippen LogP) is 2.84. The molecule has 0 unspecified atom stereocenters. The Kier molecular flexibility index (Phi) is 5.34. The molecule has 0 fully saturated rings. The van der Waals surface area contributed by atoms with Gasteiger partial charge in [-0.2, -0.15) is 0 Å². The third kappa shape index (κ3) is 4.16. The molecule has 4 aromatic rings. The summed E-state index contributed by atoms with van der Waals surface area (Å²) >= 11 is 1.53. The molecule has 29 heavy (non-hydrogen) atoms. The second-order valence-electron chi connectivity index (χ2n) is 6.28. The Morgan fingerprint density at radius 3 is 2.86 bits per heavy atom. The number of hydrogen-bond acceptors (Lipinski definition) is 8. The Morgan fingerprint density at radius 1 is 1.21 bits per heavy atom. The fourth-order valence-corrected chi connectivity index (χ4v) is 3.35. The van der Waals surface area contributed by atoms with Gasteiger partial charge < -0.3 is 15.2 Å². The summed E-state index contributed by atoms with van der Waals surface area (Å²) in [4.78, 5) is 25.9. The van der Waals surface area contributed by atoms with Crippen molar-refractivity contribution < 1.29 is 9.32 Å². The standard InChI is InChI=1S/C19H19N7O2S/c1-12-13(2)26(11-24-12)18-9-17(22-10-23-18)20-5-6-21-19(27)14-8-15(28-25-14)16-4-3-7-29-16/h3-4,7-11H,5-6H2,1-2H3,(H,21,27)(H,20,22,23). The van der Waals surface area contributed by atoms with Crippen molar-refractivity contribution in [3.63, 3.8) is 0 Å². The van der Waals surface area contributed by atoms with Gasteiger partial charge in [-0.1, -0.05) is 11.2 Å². The molecule has 148 valence electrons. The average Bonchev–Trinajstić information content (AvgIpc) is 3.48. The van der Waals surface area contributed by atoms with Crippen LogP contribution in [0, 0.1) is 13.8 Å². The predicted molar refractivity (Wildman–Crippen MR) is 109 cm³/mol. The Labute approximate surface area is 170 Å². The summed E-state index contributed by atoms with van der Waals surface area (Å²) in [7, 11) is 0. The monoisotopic (exact) mass is 409 g/mol. The van der Waals surface area contributed by atoms with Crippen LogP contribution in [0.25, 0.3) is 16.5 Å². The fraction of sp³-hybridized carbons (Fsp3) is 0.211. The fourth-order valence-electron chi connectivity index (χ4n) is 2.68. The van der Waals surface area contributed by atoms with Crippen LogP contribution in [-0.4, -0.2) is 43.7 Å². The van der Waals surface area contributed by atoms with Gasteiger partial charge in [0, 0.05) is 30.9 Å². The second-order valence-corrected chi connectivity index (χ2v) is 7.23. The summed E-state index contributed by atoms with van der Waals surface area (Å²) in [5.74, 6) is 1.69.